The molecule has 0 heterocycles. The number of ether oxygens (including phenoxy) is 1. The van der Waals surface area contributed by atoms with Crippen molar-refractivity contribution in [3.05, 3.63) is 42.0 Å². The van der Waals surface area contributed by atoms with E-state index in [2.05, 4.69) is 10.1 Å². The van der Waals surface area contributed by atoms with Crippen molar-refractivity contribution < 1.29 is 9.53 Å². The number of methoxy groups -OCH3 is 1. The molecule has 0 aromatic heterocycles. The number of nitrogens with one attached hydrogen (secondary N) is 1. The smallest absolute Gasteiger partial charge is 0.335 e. The highest BCUT2D eigenvalue weighted by Gasteiger charge is 2.07. The maximum absolute atomic E-state index is 11.2. The fraction of sp³-hybridized carbons (Fsp3) is 0.250. The lowest BCUT2D eigenvalue weighted by Crippen LogP contribution is -2.14. The molecule has 0 aliphatic carbocycles. The first-order valence-electron chi connectivity index (χ1n) is 4.80. The number of rotatable bonds is 4. The molecule has 0 saturated carbocycles. The predicted octanol–water partition coefficient (Wildman–Crippen LogP) is 2.22. The van der Waals surface area contributed by atoms with Crippen molar-refractivity contribution >= 4 is 11.7 Å². The molecule has 1 N–H and O–H groups in total. The van der Waals surface area contributed by atoms with Gasteiger partial charge in [-0.25, -0.2) is 4.79 Å². The lowest BCUT2D eigenvalue weighted by Gasteiger charge is -2.07. The molecular weight excluding hydrogens is 190 g/mol. The van der Waals surface area contributed by atoms with Gasteiger partial charge in [0.2, 0.25) is 0 Å². The predicted molar refractivity (Wildman–Crippen MR) is 60.7 cm³/mol. The summed E-state index contributed by atoms with van der Waals surface area (Å²) in [6.07, 6.45) is 1.75. The highest BCUT2D eigenvalue weighted by molar-refractivity contribution is 5.89. The molecule has 80 valence electrons. The van der Waals surface area contributed by atoms with Crippen LogP contribution in [0.5, 0.6) is 0 Å². The lowest BCUT2D eigenvalue weighted by atomic mass is 10.2. The Labute approximate surface area is 89.8 Å². The maximum atomic E-state index is 11.2. The Morgan fingerprint density at radius 3 is 2.60 bits per heavy atom. The van der Waals surface area contributed by atoms with E-state index in [1.807, 2.05) is 37.3 Å². The van der Waals surface area contributed by atoms with Gasteiger partial charge in [0.05, 0.1) is 12.7 Å². The van der Waals surface area contributed by atoms with Gasteiger partial charge in [-0.15, -0.1) is 0 Å². The van der Waals surface area contributed by atoms with E-state index in [9.17, 15) is 4.79 Å². The number of allylic oxidation sites excluding steroid dienone is 1. The van der Waals surface area contributed by atoms with Gasteiger partial charge in [-0.3, -0.25) is 0 Å². The molecule has 3 heteroatoms. The molecular formula is C12H15NO2. The van der Waals surface area contributed by atoms with E-state index in [1.54, 1.807) is 6.08 Å². The monoisotopic (exact) mass is 205 g/mol. The van der Waals surface area contributed by atoms with Crippen molar-refractivity contribution in [3.63, 3.8) is 0 Å². The molecule has 3 nitrogen and oxygen atoms in total. The fourth-order valence-corrected chi connectivity index (χ4v) is 1.18. The number of para-hydroxylation sites is 1. The Hall–Kier alpha value is -1.77. The topological polar surface area (TPSA) is 38.3 Å². The third-order valence-corrected chi connectivity index (χ3v) is 2.05. The second kappa shape index (κ2) is 5.86. The van der Waals surface area contributed by atoms with Gasteiger partial charge in [0.25, 0.3) is 0 Å². The average Bonchev–Trinajstić information content (AvgIpc) is 2.31. The summed E-state index contributed by atoms with van der Waals surface area (Å²) in [5, 5.41) is 3.14. The first kappa shape index (κ1) is 11.3. The zero-order chi connectivity index (χ0) is 11.1. The normalized spacial score (nSPS) is 10.9. The van der Waals surface area contributed by atoms with Gasteiger partial charge in [0.1, 0.15) is 0 Å². The maximum Gasteiger partial charge on any atom is 0.335 e. The van der Waals surface area contributed by atoms with Crippen LogP contribution in [-0.4, -0.2) is 19.6 Å². The molecule has 1 rings (SSSR count). The number of benzene rings is 1. The summed E-state index contributed by atoms with van der Waals surface area (Å²) in [4.78, 5) is 11.2. The molecule has 15 heavy (non-hydrogen) atoms. The van der Waals surface area contributed by atoms with E-state index in [0.29, 0.717) is 12.1 Å². The van der Waals surface area contributed by atoms with Crippen LogP contribution in [0, 0.1) is 0 Å². The van der Waals surface area contributed by atoms with Crippen molar-refractivity contribution in [1.82, 2.24) is 0 Å². The van der Waals surface area contributed by atoms with Crippen molar-refractivity contribution in [2.75, 3.05) is 19.0 Å². The molecule has 0 spiro atoms. The van der Waals surface area contributed by atoms with Crippen molar-refractivity contribution in [1.29, 1.82) is 0 Å². The molecule has 0 bridgehead atoms. The summed E-state index contributed by atoms with van der Waals surface area (Å²) >= 11 is 0. The number of hydrogen-bond acceptors (Lipinski definition) is 3. The van der Waals surface area contributed by atoms with E-state index in [-0.39, 0.29) is 5.97 Å². The van der Waals surface area contributed by atoms with Crippen LogP contribution in [0.1, 0.15) is 6.92 Å². The van der Waals surface area contributed by atoms with E-state index < -0.39 is 0 Å². The number of carbonyl (C=O) groups excluding carboxylic acids is 1. The lowest BCUT2D eigenvalue weighted by molar-refractivity contribution is -0.136. The minimum atomic E-state index is -0.291. The van der Waals surface area contributed by atoms with E-state index in [0.717, 1.165) is 5.69 Å². The second-order valence-electron chi connectivity index (χ2n) is 3.03. The summed E-state index contributed by atoms with van der Waals surface area (Å²) in [7, 11) is 1.38. The van der Waals surface area contributed by atoms with Crippen LogP contribution < -0.4 is 5.32 Å². The summed E-state index contributed by atoms with van der Waals surface area (Å²) < 4.78 is 4.64. The van der Waals surface area contributed by atoms with Crippen LogP contribution in [0.2, 0.25) is 0 Å². The average molecular weight is 205 g/mol. The SMILES string of the molecule is C/C=C(\CNc1ccccc1)C(=O)OC. The molecule has 0 aliphatic rings. The van der Waals surface area contributed by atoms with Crippen LogP contribution in [-0.2, 0) is 9.53 Å². The first-order chi connectivity index (χ1) is 7.27. The van der Waals surface area contributed by atoms with E-state index >= 15 is 0 Å². The summed E-state index contributed by atoms with van der Waals surface area (Å²) in [6.45, 7) is 2.30. The molecule has 1 aromatic carbocycles. The molecule has 0 aliphatic heterocycles. The quantitative estimate of drug-likeness (QED) is 0.605. The van der Waals surface area contributed by atoms with Gasteiger partial charge in [0.15, 0.2) is 0 Å². The molecule has 0 unspecified atom stereocenters. The second-order valence-corrected chi connectivity index (χ2v) is 3.03. The van der Waals surface area contributed by atoms with Gasteiger partial charge in [-0.05, 0) is 19.1 Å². The van der Waals surface area contributed by atoms with Crippen LogP contribution >= 0.6 is 0 Å². The number of carbonyl (C=O) groups is 1. The van der Waals surface area contributed by atoms with Crippen LogP contribution in [0.3, 0.4) is 0 Å². The zero-order valence-corrected chi connectivity index (χ0v) is 8.99. The van der Waals surface area contributed by atoms with Gasteiger partial charge in [-0.2, -0.15) is 0 Å². The highest BCUT2D eigenvalue weighted by Crippen LogP contribution is 2.06. The number of hydrogen-bond donors (Lipinski definition) is 1. The number of anilines is 1. The van der Waals surface area contributed by atoms with Gasteiger partial charge < -0.3 is 10.1 Å². The Morgan fingerprint density at radius 2 is 2.07 bits per heavy atom. The summed E-state index contributed by atoms with van der Waals surface area (Å²) in [5.74, 6) is -0.291. The Morgan fingerprint density at radius 1 is 1.40 bits per heavy atom. The third kappa shape index (κ3) is 3.46. The first-order valence-corrected chi connectivity index (χ1v) is 4.80. The standard InChI is InChI=1S/C12H15NO2/c1-3-10(12(14)15-2)9-13-11-7-5-4-6-8-11/h3-8,13H,9H2,1-2H3/b10-3+. The third-order valence-electron chi connectivity index (χ3n) is 2.05. The zero-order valence-electron chi connectivity index (χ0n) is 8.99. The van der Waals surface area contributed by atoms with Crippen molar-refractivity contribution in [3.8, 4) is 0 Å². The molecule has 0 atom stereocenters. The Balaban J connectivity index is 2.53. The van der Waals surface area contributed by atoms with Crippen molar-refractivity contribution in [2.24, 2.45) is 0 Å². The van der Waals surface area contributed by atoms with Crippen LogP contribution in [0.25, 0.3) is 0 Å². The fourth-order valence-electron chi connectivity index (χ4n) is 1.18. The minimum Gasteiger partial charge on any atom is -0.466 e. The van der Waals surface area contributed by atoms with Crippen molar-refractivity contribution in [2.45, 2.75) is 6.92 Å². The molecule has 0 amide bonds. The van der Waals surface area contributed by atoms with Crippen LogP contribution in [0.4, 0.5) is 5.69 Å². The molecule has 1 aromatic rings. The van der Waals surface area contributed by atoms with Gasteiger partial charge >= 0.3 is 5.97 Å². The minimum absolute atomic E-state index is 0.291. The van der Waals surface area contributed by atoms with Crippen LogP contribution in [0.15, 0.2) is 42.0 Å². The summed E-state index contributed by atoms with van der Waals surface area (Å²) in [5.41, 5.74) is 1.61. The highest BCUT2D eigenvalue weighted by atomic mass is 16.5. The molecule has 0 fully saturated rings. The molecule has 0 radical (unpaired) electrons. The van der Waals surface area contributed by atoms with Gasteiger partial charge in [-0.1, -0.05) is 24.3 Å². The Bertz CT molecular complexity index is 344. The number of esters is 1. The Kier molecular flexibility index (Phi) is 4.41. The largest absolute Gasteiger partial charge is 0.466 e. The van der Waals surface area contributed by atoms with E-state index in [4.69, 9.17) is 0 Å². The summed E-state index contributed by atoms with van der Waals surface area (Å²) in [6, 6.07) is 9.72. The molecule has 0 saturated heterocycles. The van der Waals surface area contributed by atoms with E-state index in [1.165, 1.54) is 7.11 Å². The van der Waals surface area contributed by atoms with Gasteiger partial charge in [0, 0.05) is 12.2 Å².